The zero-order valence-electron chi connectivity index (χ0n) is 15.2. The Labute approximate surface area is 140 Å². The summed E-state index contributed by atoms with van der Waals surface area (Å²) in [5.74, 6) is 0.953. The van der Waals surface area contributed by atoms with Gasteiger partial charge in [-0.2, -0.15) is 0 Å². The Morgan fingerprint density at radius 1 is 1.17 bits per heavy atom. The van der Waals surface area contributed by atoms with Crippen molar-refractivity contribution in [3.63, 3.8) is 0 Å². The van der Waals surface area contributed by atoms with Crippen LogP contribution in [0.25, 0.3) is 0 Å². The Morgan fingerprint density at radius 2 is 1.87 bits per heavy atom. The Morgan fingerprint density at radius 3 is 2.52 bits per heavy atom. The highest BCUT2D eigenvalue weighted by Gasteiger charge is 2.58. The van der Waals surface area contributed by atoms with Gasteiger partial charge in [0.25, 0.3) is 0 Å². The van der Waals surface area contributed by atoms with Crippen molar-refractivity contribution in [2.24, 2.45) is 28.1 Å². The van der Waals surface area contributed by atoms with Crippen LogP contribution in [0.1, 0.15) is 66.2 Å². The molecule has 6 atom stereocenters. The quantitative estimate of drug-likeness (QED) is 0.684. The van der Waals surface area contributed by atoms with Gasteiger partial charge in [-0.1, -0.05) is 39.3 Å². The fraction of sp³-hybridized carbons (Fsp3) is 0.900. The molecule has 3 aliphatic rings. The van der Waals surface area contributed by atoms with E-state index in [-0.39, 0.29) is 29.0 Å². The van der Waals surface area contributed by atoms with Gasteiger partial charge in [0, 0.05) is 5.41 Å². The molecule has 23 heavy (non-hydrogen) atoms. The van der Waals surface area contributed by atoms with Gasteiger partial charge in [0.15, 0.2) is 0 Å². The third kappa shape index (κ3) is 2.51. The molecule has 132 valence electrons. The van der Waals surface area contributed by atoms with E-state index in [1.165, 1.54) is 5.57 Å². The maximum atomic E-state index is 10.9. The van der Waals surface area contributed by atoms with Gasteiger partial charge in [-0.05, 0) is 61.2 Å². The molecule has 0 aromatic carbocycles. The second kappa shape index (κ2) is 5.57. The predicted molar refractivity (Wildman–Crippen MR) is 91.9 cm³/mol. The van der Waals surface area contributed by atoms with Crippen LogP contribution in [-0.2, 0) is 0 Å². The van der Waals surface area contributed by atoms with Gasteiger partial charge in [0.1, 0.15) is 0 Å². The fourth-order valence-corrected chi connectivity index (χ4v) is 6.15. The Bertz CT molecular complexity index is 497. The molecule has 3 nitrogen and oxygen atoms in total. The molecule has 0 aliphatic heterocycles. The Kier molecular flexibility index (Phi) is 4.23. The molecule has 6 unspecified atom stereocenters. The van der Waals surface area contributed by atoms with E-state index >= 15 is 0 Å². The molecule has 0 aromatic heterocycles. The van der Waals surface area contributed by atoms with E-state index in [4.69, 9.17) is 0 Å². The highest BCUT2D eigenvalue weighted by molar-refractivity contribution is 5.25. The summed E-state index contributed by atoms with van der Waals surface area (Å²) in [7, 11) is 0. The summed E-state index contributed by atoms with van der Waals surface area (Å²) in [6.45, 7) is 8.98. The molecule has 3 heteroatoms. The number of aliphatic hydroxyl groups is 3. The van der Waals surface area contributed by atoms with E-state index in [2.05, 4.69) is 33.8 Å². The largest absolute Gasteiger partial charge is 0.394 e. The molecular formula is C20H34O3. The minimum Gasteiger partial charge on any atom is -0.394 e. The van der Waals surface area contributed by atoms with Crippen molar-refractivity contribution in [3.05, 3.63) is 11.6 Å². The van der Waals surface area contributed by atoms with Crippen LogP contribution < -0.4 is 0 Å². The van der Waals surface area contributed by atoms with Crippen molar-refractivity contribution in [2.45, 2.75) is 78.4 Å². The summed E-state index contributed by atoms with van der Waals surface area (Å²) in [6.07, 6.45) is 7.37. The maximum Gasteiger partial charge on any atom is 0.0827 e. The first-order valence-corrected chi connectivity index (χ1v) is 9.31. The van der Waals surface area contributed by atoms with Crippen molar-refractivity contribution >= 4 is 0 Å². The van der Waals surface area contributed by atoms with Crippen molar-refractivity contribution in [1.29, 1.82) is 0 Å². The Balaban J connectivity index is 1.94. The molecule has 0 radical (unpaired) electrons. The lowest BCUT2D eigenvalue weighted by molar-refractivity contribution is -0.140. The molecule has 3 aliphatic carbocycles. The zero-order valence-corrected chi connectivity index (χ0v) is 15.2. The van der Waals surface area contributed by atoms with E-state index < -0.39 is 6.10 Å². The average molecular weight is 322 g/mol. The van der Waals surface area contributed by atoms with Crippen molar-refractivity contribution < 1.29 is 15.3 Å². The van der Waals surface area contributed by atoms with Gasteiger partial charge in [0.05, 0.1) is 18.8 Å². The monoisotopic (exact) mass is 322 g/mol. The molecule has 0 amide bonds. The van der Waals surface area contributed by atoms with Crippen LogP contribution in [0.15, 0.2) is 11.6 Å². The van der Waals surface area contributed by atoms with E-state index in [0.29, 0.717) is 11.8 Å². The highest BCUT2D eigenvalue weighted by atomic mass is 16.3. The van der Waals surface area contributed by atoms with Crippen molar-refractivity contribution in [3.8, 4) is 0 Å². The summed E-state index contributed by atoms with van der Waals surface area (Å²) in [5.41, 5.74) is 1.43. The van der Waals surface area contributed by atoms with Gasteiger partial charge < -0.3 is 15.3 Å². The summed E-state index contributed by atoms with van der Waals surface area (Å²) in [6, 6.07) is 0. The van der Waals surface area contributed by atoms with Crippen LogP contribution in [0.5, 0.6) is 0 Å². The van der Waals surface area contributed by atoms with Crippen LogP contribution in [-0.4, -0.2) is 34.1 Å². The van der Waals surface area contributed by atoms with Crippen molar-refractivity contribution in [2.75, 3.05) is 6.61 Å². The van der Waals surface area contributed by atoms with Crippen LogP contribution in [0.3, 0.4) is 0 Å². The lowest BCUT2D eigenvalue weighted by Crippen LogP contribution is -2.57. The molecule has 0 bridgehead atoms. The third-order valence-electron chi connectivity index (χ3n) is 7.88. The summed E-state index contributed by atoms with van der Waals surface area (Å²) in [5, 5.41) is 30.5. The van der Waals surface area contributed by atoms with Gasteiger partial charge >= 0.3 is 0 Å². The molecular weight excluding hydrogens is 288 g/mol. The maximum absolute atomic E-state index is 10.9. The number of aliphatic hydroxyl groups excluding tert-OH is 3. The van der Waals surface area contributed by atoms with Crippen LogP contribution in [0, 0.1) is 28.1 Å². The first kappa shape index (κ1) is 17.4. The lowest BCUT2D eigenvalue weighted by atomic mass is 9.45. The first-order chi connectivity index (χ1) is 10.6. The number of rotatable bonds is 2. The molecule has 2 fully saturated rings. The highest BCUT2D eigenvalue weighted by Crippen LogP contribution is 2.63. The van der Waals surface area contributed by atoms with Gasteiger partial charge in [-0.3, -0.25) is 0 Å². The molecule has 3 N–H and O–H groups in total. The van der Waals surface area contributed by atoms with Gasteiger partial charge in [0.2, 0.25) is 0 Å². The average Bonchev–Trinajstić information content (AvgIpc) is 2.50. The van der Waals surface area contributed by atoms with Crippen LogP contribution in [0.2, 0.25) is 0 Å². The van der Waals surface area contributed by atoms with Crippen LogP contribution in [0.4, 0.5) is 0 Å². The molecule has 0 aromatic rings. The van der Waals surface area contributed by atoms with E-state index in [1.54, 1.807) is 0 Å². The van der Waals surface area contributed by atoms with E-state index in [0.717, 1.165) is 38.5 Å². The minimum atomic E-state index is -0.650. The molecule has 0 spiro atoms. The molecule has 3 rings (SSSR count). The molecule has 0 saturated heterocycles. The lowest BCUT2D eigenvalue weighted by Gasteiger charge is -2.61. The SMILES string of the molecule is CC1(C)CCC(O)C2(C)C3CCC(C)(C(O)CO)CC3=CCC12. The predicted octanol–water partition coefficient (Wildman–Crippen LogP) is 3.28. The number of fused-ring (bicyclic) bond motifs is 3. The van der Waals surface area contributed by atoms with Gasteiger partial charge in [-0.15, -0.1) is 0 Å². The van der Waals surface area contributed by atoms with Crippen molar-refractivity contribution in [1.82, 2.24) is 0 Å². The van der Waals surface area contributed by atoms with E-state index in [9.17, 15) is 15.3 Å². The molecule has 0 heterocycles. The van der Waals surface area contributed by atoms with Crippen LogP contribution >= 0.6 is 0 Å². The topological polar surface area (TPSA) is 60.7 Å². The van der Waals surface area contributed by atoms with Gasteiger partial charge in [-0.25, -0.2) is 0 Å². The fourth-order valence-electron chi connectivity index (χ4n) is 6.15. The Hall–Kier alpha value is -0.380. The standard InChI is InChI=1S/C20H34O3/c1-18(2)9-8-16(22)20(4)14-7-10-19(3,17(23)12-21)11-13(14)5-6-15(18)20/h5,14-17,21-23H,6-12H2,1-4H3. The number of hydrogen-bond acceptors (Lipinski definition) is 3. The first-order valence-electron chi connectivity index (χ1n) is 9.31. The van der Waals surface area contributed by atoms with E-state index in [1.807, 2.05) is 0 Å². The zero-order chi connectivity index (χ0) is 17.0. The second-order valence-electron chi connectivity index (χ2n) is 9.60. The third-order valence-corrected chi connectivity index (χ3v) is 7.88. The second-order valence-corrected chi connectivity index (χ2v) is 9.60. The summed E-state index contributed by atoms with van der Waals surface area (Å²) >= 11 is 0. The number of hydrogen-bond donors (Lipinski definition) is 3. The normalized spacial score (nSPS) is 47.3. The smallest absolute Gasteiger partial charge is 0.0827 e. The summed E-state index contributed by atoms with van der Waals surface area (Å²) < 4.78 is 0. The summed E-state index contributed by atoms with van der Waals surface area (Å²) in [4.78, 5) is 0. The number of allylic oxidation sites excluding steroid dienone is 2. The molecule has 2 saturated carbocycles. The minimum absolute atomic E-state index is 0.0443.